The van der Waals surface area contributed by atoms with E-state index in [1.807, 2.05) is 0 Å². The quantitative estimate of drug-likeness (QED) is 0.881. The normalized spacial score (nSPS) is 21.9. The van der Waals surface area contributed by atoms with Crippen LogP contribution in [0.2, 0.25) is 0 Å². The average molecular weight is 314 g/mol. The van der Waals surface area contributed by atoms with Gasteiger partial charge in [0, 0.05) is 10.5 Å². The highest BCUT2D eigenvalue weighted by atomic mass is 79.9. The molecule has 1 N–H and O–H groups in total. The molecule has 1 aromatic rings. The fourth-order valence-corrected chi connectivity index (χ4v) is 3.06. The summed E-state index contributed by atoms with van der Waals surface area (Å²) in [6.45, 7) is 4.28. The molecule has 1 saturated carbocycles. The van der Waals surface area contributed by atoms with Crippen LogP contribution in [0.15, 0.2) is 22.7 Å². The second-order valence-corrected chi connectivity index (χ2v) is 6.36. The summed E-state index contributed by atoms with van der Waals surface area (Å²) in [5, 5.41) is 2.96. The largest absolute Gasteiger partial charge is 0.349 e. The third kappa shape index (κ3) is 2.58. The molecule has 4 heteroatoms. The standard InChI is InChI=1S/C14H17BrFNO/c1-14(2)8-4-7-11(14)17-13(18)12-9(15)5-3-6-10(12)16/h3,5-6,11H,4,7-8H2,1-2H3,(H,17,18). The van der Waals surface area contributed by atoms with Crippen LogP contribution in [0.25, 0.3) is 0 Å². The highest BCUT2D eigenvalue weighted by Gasteiger charge is 2.36. The number of carbonyl (C=O) groups is 1. The number of halogens is 2. The zero-order valence-electron chi connectivity index (χ0n) is 10.6. The van der Waals surface area contributed by atoms with E-state index in [0.717, 1.165) is 19.3 Å². The molecule has 2 nitrogen and oxygen atoms in total. The molecule has 1 unspecified atom stereocenters. The lowest BCUT2D eigenvalue weighted by atomic mass is 9.87. The molecule has 0 heterocycles. The summed E-state index contributed by atoms with van der Waals surface area (Å²) >= 11 is 3.22. The van der Waals surface area contributed by atoms with Crippen molar-refractivity contribution in [3.8, 4) is 0 Å². The number of carbonyl (C=O) groups excluding carboxylic acids is 1. The van der Waals surface area contributed by atoms with Gasteiger partial charge in [-0.3, -0.25) is 4.79 Å². The van der Waals surface area contributed by atoms with Gasteiger partial charge in [-0.15, -0.1) is 0 Å². The molecule has 18 heavy (non-hydrogen) atoms. The van der Waals surface area contributed by atoms with E-state index in [9.17, 15) is 9.18 Å². The summed E-state index contributed by atoms with van der Waals surface area (Å²) in [7, 11) is 0. The van der Waals surface area contributed by atoms with Gasteiger partial charge in [0.25, 0.3) is 5.91 Å². The summed E-state index contributed by atoms with van der Waals surface area (Å²) in [4.78, 5) is 12.1. The Balaban J connectivity index is 2.18. The van der Waals surface area contributed by atoms with Crippen LogP contribution in [-0.4, -0.2) is 11.9 Å². The van der Waals surface area contributed by atoms with Gasteiger partial charge in [0.2, 0.25) is 0 Å². The molecule has 0 aromatic heterocycles. The average Bonchev–Trinajstić information content (AvgIpc) is 2.58. The summed E-state index contributed by atoms with van der Waals surface area (Å²) in [6, 6.07) is 4.68. The van der Waals surface area contributed by atoms with Crippen LogP contribution in [0, 0.1) is 11.2 Å². The maximum absolute atomic E-state index is 13.7. The lowest BCUT2D eigenvalue weighted by molar-refractivity contribution is 0.0905. The molecular formula is C14H17BrFNO. The fraction of sp³-hybridized carbons (Fsp3) is 0.500. The third-order valence-electron chi connectivity index (χ3n) is 3.75. The molecule has 0 spiro atoms. The highest BCUT2D eigenvalue weighted by Crippen LogP contribution is 2.37. The van der Waals surface area contributed by atoms with Crippen molar-refractivity contribution in [2.75, 3.05) is 0 Å². The van der Waals surface area contributed by atoms with Gasteiger partial charge in [-0.2, -0.15) is 0 Å². The van der Waals surface area contributed by atoms with Crippen LogP contribution in [0.3, 0.4) is 0 Å². The van der Waals surface area contributed by atoms with Gasteiger partial charge in [0.1, 0.15) is 5.82 Å². The predicted molar refractivity (Wildman–Crippen MR) is 73.0 cm³/mol. The number of amides is 1. The highest BCUT2D eigenvalue weighted by molar-refractivity contribution is 9.10. The van der Waals surface area contributed by atoms with Gasteiger partial charge < -0.3 is 5.32 Å². The Hall–Kier alpha value is -0.900. The Kier molecular flexibility index (Phi) is 3.76. The summed E-state index contributed by atoms with van der Waals surface area (Å²) in [5.41, 5.74) is 0.188. The Labute approximate surface area is 115 Å². The van der Waals surface area contributed by atoms with Crippen LogP contribution in [0.4, 0.5) is 4.39 Å². The minimum Gasteiger partial charge on any atom is -0.349 e. The lowest BCUT2D eigenvalue weighted by Gasteiger charge is -2.28. The van der Waals surface area contributed by atoms with Gasteiger partial charge in [-0.1, -0.05) is 26.3 Å². The van der Waals surface area contributed by atoms with Crippen molar-refractivity contribution in [2.24, 2.45) is 5.41 Å². The Morgan fingerprint density at radius 3 is 2.78 bits per heavy atom. The van der Waals surface area contributed by atoms with Crippen molar-refractivity contribution < 1.29 is 9.18 Å². The van der Waals surface area contributed by atoms with Gasteiger partial charge in [0.05, 0.1) is 5.56 Å². The molecule has 1 fully saturated rings. The first-order valence-electron chi connectivity index (χ1n) is 6.17. The van der Waals surface area contributed by atoms with Crippen LogP contribution >= 0.6 is 15.9 Å². The Morgan fingerprint density at radius 1 is 1.50 bits per heavy atom. The smallest absolute Gasteiger partial charge is 0.255 e. The zero-order valence-corrected chi connectivity index (χ0v) is 12.2. The Morgan fingerprint density at radius 2 is 2.22 bits per heavy atom. The number of hydrogen-bond acceptors (Lipinski definition) is 1. The van der Waals surface area contributed by atoms with Gasteiger partial charge in [-0.25, -0.2) is 4.39 Å². The number of rotatable bonds is 2. The summed E-state index contributed by atoms with van der Waals surface area (Å²) in [6.07, 6.45) is 3.16. The van der Waals surface area contributed by atoms with Crippen molar-refractivity contribution in [3.63, 3.8) is 0 Å². The first-order chi connectivity index (χ1) is 8.42. The predicted octanol–water partition coefficient (Wildman–Crippen LogP) is 3.90. The molecular weight excluding hydrogens is 297 g/mol. The van der Waals surface area contributed by atoms with Crippen molar-refractivity contribution in [3.05, 3.63) is 34.1 Å². The topological polar surface area (TPSA) is 29.1 Å². The summed E-state index contributed by atoms with van der Waals surface area (Å²) in [5.74, 6) is -0.822. The monoisotopic (exact) mass is 313 g/mol. The minimum absolute atomic E-state index is 0.0907. The second kappa shape index (κ2) is 5.00. The molecule has 0 bridgehead atoms. The molecule has 0 aliphatic heterocycles. The number of benzene rings is 1. The lowest BCUT2D eigenvalue weighted by Crippen LogP contribution is -2.41. The van der Waals surface area contributed by atoms with E-state index in [1.54, 1.807) is 12.1 Å². The van der Waals surface area contributed by atoms with Gasteiger partial charge >= 0.3 is 0 Å². The molecule has 2 rings (SSSR count). The van der Waals surface area contributed by atoms with Crippen molar-refractivity contribution in [2.45, 2.75) is 39.2 Å². The van der Waals surface area contributed by atoms with Crippen molar-refractivity contribution >= 4 is 21.8 Å². The van der Waals surface area contributed by atoms with E-state index in [0.29, 0.717) is 4.47 Å². The maximum Gasteiger partial charge on any atom is 0.255 e. The molecule has 1 aliphatic rings. The van der Waals surface area contributed by atoms with Crippen molar-refractivity contribution in [1.29, 1.82) is 0 Å². The minimum atomic E-state index is -0.488. The molecule has 0 saturated heterocycles. The van der Waals surface area contributed by atoms with Crippen LogP contribution < -0.4 is 5.32 Å². The van der Waals surface area contributed by atoms with E-state index in [4.69, 9.17) is 0 Å². The van der Waals surface area contributed by atoms with Gasteiger partial charge in [0.15, 0.2) is 0 Å². The fourth-order valence-electron chi connectivity index (χ4n) is 2.54. The molecule has 0 radical (unpaired) electrons. The van der Waals surface area contributed by atoms with E-state index in [-0.39, 0.29) is 22.9 Å². The molecule has 1 aromatic carbocycles. The van der Waals surface area contributed by atoms with Crippen LogP contribution in [-0.2, 0) is 0 Å². The van der Waals surface area contributed by atoms with Crippen molar-refractivity contribution in [1.82, 2.24) is 5.32 Å². The maximum atomic E-state index is 13.7. The first-order valence-corrected chi connectivity index (χ1v) is 6.96. The van der Waals surface area contributed by atoms with E-state index >= 15 is 0 Å². The molecule has 98 valence electrons. The van der Waals surface area contributed by atoms with E-state index in [1.165, 1.54) is 6.07 Å². The third-order valence-corrected chi connectivity index (χ3v) is 4.41. The number of nitrogens with one attached hydrogen (secondary N) is 1. The SMILES string of the molecule is CC1(C)CCCC1NC(=O)c1c(F)cccc1Br. The molecule has 1 aliphatic carbocycles. The van der Waals surface area contributed by atoms with Crippen LogP contribution in [0.5, 0.6) is 0 Å². The Bertz CT molecular complexity index is 453. The molecule has 1 amide bonds. The van der Waals surface area contributed by atoms with E-state index < -0.39 is 5.82 Å². The summed E-state index contributed by atoms with van der Waals surface area (Å²) < 4.78 is 14.2. The van der Waals surface area contributed by atoms with Gasteiger partial charge in [-0.05, 0) is 46.3 Å². The van der Waals surface area contributed by atoms with E-state index in [2.05, 4.69) is 35.1 Å². The first kappa shape index (κ1) is 13.5. The number of hydrogen-bond donors (Lipinski definition) is 1. The van der Waals surface area contributed by atoms with Crippen LogP contribution in [0.1, 0.15) is 43.5 Å². The zero-order chi connectivity index (χ0) is 13.3. The second-order valence-electron chi connectivity index (χ2n) is 5.50. The molecule has 1 atom stereocenters.